The molecule has 5 heteroatoms. The molecule has 0 unspecified atom stereocenters. The van der Waals surface area contributed by atoms with Crippen LogP contribution in [0.3, 0.4) is 0 Å². The lowest BCUT2D eigenvalue weighted by molar-refractivity contribution is -0.140. The number of hydrogen-bond donors (Lipinski definition) is 3. The molecule has 0 bridgehead atoms. The van der Waals surface area contributed by atoms with Crippen molar-refractivity contribution in [2.24, 2.45) is 11.8 Å². The van der Waals surface area contributed by atoms with Crippen molar-refractivity contribution in [3.63, 3.8) is 0 Å². The molecular weight excluding hydrogens is 222 g/mol. The Hall–Kier alpha value is -0.940. The van der Waals surface area contributed by atoms with Crippen LogP contribution >= 0.6 is 0 Å². The summed E-state index contributed by atoms with van der Waals surface area (Å²) in [7, 11) is 0. The first-order valence-corrected chi connectivity index (χ1v) is 5.97. The van der Waals surface area contributed by atoms with Gasteiger partial charge in [-0.15, -0.1) is 0 Å². The van der Waals surface area contributed by atoms with E-state index < -0.39 is 30.0 Å². The molecule has 0 aliphatic carbocycles. The Morgan fingerprint density at radius 2 is 1.76 bits per heavy atom. The minimum absolute atomic E-state index is 0.0716. The highest BCUT2D eigenvalue weighted by molar-refractivity contribution is 5.81. The van der Waals surface area contributed by atoms with Crippen molar-refractivity contribution in [3.8, 4) is 0 Å². The van der Waals surface area contributed by atoms with Gasteiger partial charge in [0.05, 0.1) is 6.10 Å². The maximum Gasteiger partial charge on any atom is 0.251 e. The Balaban J connectivity index is 4.42. The first kappa shape index (κ1) is 16.1. The minimum Gasteiger partial charge on any atom is -0.390 e. The molecule has 0 rings (SSSR count). The van der Waals surface area contributed by atoms with Crippen LogP contribution in [-0.4, -0.2) is 40.7 Å². The van der Waals surface area contributed by atoms with Gasteiger partial charge in [0.25, 0.3) is 5.91 Å². The van der Waals surface area contributed by atoms with E-state index in [0.29, 0.717) is 6.54 Å². The fraction of sp³-hybridized carbons (Fsp3) is 0.833. The van der Waals surface area contributed by atoms with Crippen LogP contribution in [0, 0.1) is 11.8 Å². The van der Waals surface area contributed by atoms with Crippen molar-refractivity contribution in [2.45, 2.75) is 46.3 Å². The first-order valence-electron chi connectivity index (χ1n) is 5.97. The van der Waals surface area contributed by atoms with Crippen molar-refractivity contribution in [2.75, 3.05) is 6.54 Å². The van der Waals surface area contributed by atoms with E-state index in [9.17, 15) is 19.8 Å². The lowest BCUT2D eigenvalue weighted by atomic mass is 9.85. The molecule has 0 fully saturated rings. The van der Waals surface area contributed by atoms with E-state index in [0.717, 1.165) is 6.42 Å². The zero-order valence-electron chi connectivity index (χ0n) is 10.9. The molecule has 3 N–H and O–H groups in total. The second kappa shape index (κ2) is 7.40. The molecule has 1 amide bonds. The standard InChI is InChI=1S/C12H23NO4/c1-5-6-13-12(17)11(16)10(15)8(3)7(2)9(4)14/h7-8,10-11,15-16H,5-6H2,1-4H3,(H,13,17)/t7-,8-,10-,11+/m1/s1. The van der Waals surface area contributed by atoms with E-state index in [1.165, 1.54) is 6.92 Å². The molecule has 0 heterocycles. The third-order valence-electron chi connectivity index (χ3n) is 3.11. The van der Waals surface area contributed by atoms with Crippen LogP contribution in [0.5, 0.6) is 0 Å². The average Bonchev–Trinajstić information content (AvgIpc) is 2.31. The lowest BCUT2D eigenvalue weighted by Crippen LogP contribution is -2.46. The Labute approximate surface area is 102 Å². The smallest absolute Gasteiger partial charge is 0.251 e. The maximum absolute atomic E-state index is 11.4. The number of carbonyl (C=O) groups is 2. The average molecular weight is 245 g/mol. The molecule has 0 spiro atoms. The number of aliphatic hydroxyl groups is 2. The van der Waals surface area contributed by atoms with Crippen molar-refractivity contribution < 1.29 is 19.8 Å². The zero-order chi connectivity index (χ0) is 13.6. The largest absolute Gasteiger partial charge is 0.390 e. The monoisotopic (exact) mass is 245 g/mol. The third-order valence-corrected chi connectivity index (χ3v) is 3.11. The number of nitrogens with one attached hydrogen (secondary N) is 1. The highest BCUT2D eigenvalue weighted by atomic mass is 16.3. The van der Waals surface area contributed by atoms with E-state index >= 15 is 0 Å². The van der Waals surface area contributed by atoms with Gasteiger partial charge < -0.3 is 15.5 Å². The number of aliphatic hydroxyl groups excluding tert-OH is 2. The summed E-state index contributed by atoms with van der Waals surface area (Å²) in [5.74, 6) is -1.52. The van der Waals surface area contributed by atoms with Gasteiger partial charge in [0.1, 0.15) is 5.78 Å². The van der Waals surface area contributed by atoms with Gasteiger partial charge in [0.2, 0.25) is 0 Å². The Kier molecular flexibility index (Phi) is 6.99. The summed E-state index contributed by atoms with van der Waals surface area (Å²) in [6.07, 6.45) is -1.96. The fourth-order valence-corrected chi connectivity index (χ4v) is 1.46. The molecule has 0 aliphatic heterocycles. The van der Waals surface area contributed by atoms with Crippen LogP contribution in [0.1, 0.15) is 34.1 Å². The summed E-state index contributed by atoms with van der Waals surface area (Å²) >= 11 is 0. The van der Waals surface area contributed by atoms with E-state index in [-0.39, 0.29) is 5.78 Å². The molecule has 5 nitrogen and oxygen atoms in total. The molecule has 17 heavy (non-hydrogen) atoms. The molecule has 0 radical (unpaired) electrons. The zero-order valence-corrected chi connectivity index (χ0v) is 10.9. The van der Waals surface area contributed by atoms with Crippen LogP contribution in [0.2, 0.25) is 0 Å². The lowest BCUT2D eigenvalue weighted by Gasteiger charge is -2.26. The van der Waals surface area contributed by atoms with Gasteiger partial charge in [-0.2, -0.15) is 0 Å². The van der Waals surface area contributed by atoms with Crippen molar-refractivity contribution >= 4 is 11.7 Å². The molecule has 0 aromatic rings. The van der Waals surface area contributed by atoms with Gasteiger partial charge in [0.15, 0.2) is 6.10 Å². The minimum atomic E-state index is -1.49. The molecule has 0 saturated carbocycles. The predicted octanol–water partition coefficient (Wildman–Crippen LogP) is 0.0956. The Morgan fingerprint density at radius 1 is 1.24 bits per heavy atom. The quantitative estimate of drug-likeness (QED) is 0.593. The molecule has 4 atom stereocenters. The van der Waals surface area contributed by atoms with E-state index in [2.05, 4.69) is 5.32 Å². The molecule has 0 aromatic carbocycles. The van der Waals surface area contributed by atoms with Crippen molar-refractivity contribution in [3.05, 3.63) is 0 Å². The second-order valence-electron chi connectivity index (χ2n) is 4.48. The number of Topliss-reactive ketones (excluding diaryl/α,β-unsaturated/α-hetero) is 1. The van der Waals surface area contributed by atoms with Gasteiger partial charge in [0, 0.05) is 12.5 Å². The van der Waals surface area contributed by atoms with Crippen LogP contribution in [-0.2, 0) is 9.59 Å². The van der Waals surface area contributed by atoms with Crippen molar-refractivity contribution in [1.82, 2.24) is 5.32 Å². The second-order valence-corrected chi connectivity index (χ2v) is 4.48. The first-order chi connectivity index (χ1) is 7.82. The Morgan fingerprint density at radius 3 is 2.18 bits per heavy atom. The number of amides is 1. The van der Waals surface area contributed by atoms with Crippen LogP contribution in [0.25, 0.3) is 0 Å². The van der Waals surface area contributed by atoms with Gasteiger partial charge in [-0.1, -0.05) is 20.8 Å². The number of rotatable bonds is 7. The van der Waals surface area contributed by atoms with E-state index in [1.54, 1.807) is 13.8 Å². The highest BCUT2D eigenvalue weighted by Gasteiger charge is 2.32. The normalized spacial score (nSPS) is 18.0. The number of ketones is 1. The number of hydrogen-bond acceptors (Lipinski definition) is 4. The molecule has 0 saturated heterocycles. The summed E-state index contributed by atoms with van der Waals surface area (Å²) in [6, 6.07) is 0. The molecule has 0 aromatic heterocycles. The van der Waals surface area contributed by atoms with Gasteiger partial charge in [-0.25, -0.2) is 0 Å². The third kappa shape index (κ3) is 4.83. The van der Waals surface area contributed by atoms with Crippen LogP contribution < -0.4 is 5.32 Å². The summed E-state index contributed by atoms with van der Waals surface area (Å²) in [4.78, 5) is 22.6. The van der Waals surface area contributed by atoms with Crippen LogP contribution in [0.4, 0.5) is 0 Å². The van der Waals surface area contributed by atoms with Crippen molar-refractivity contribution in [1.29, 1.82) is 0 Å². The molecule has 0 aliphatic rings. The fourth-order valence-electron chi connectivity index (χ4n) is 1.46. The van der Waals surface area contributed by atoms with Gasteiger partial charge in [-0.05, 0) is 19.3 Å². The molecular formula is C12H23NO4. The van der Waals surface area contributed by atoms with Crippen LogP contribution in [0.15, 0.2) is 0 Å². The highest BCUT2D eigenvalue weighted by Crippen LogP contribution is 2.18. The van der Waals surface area contributed by atoms with E-state index in [4.69, 9.17) is 0 Å². The summed E-state index contributed by atoms with van der Waals surface area (Å²) in [5.41, 5.74) is 0. The molecule has 100 valence electrons. The maximum atomic E-state index is 11.4. The van der Waals surface area contributed by atoms with Gasteiger partial charge in [-0.3, -0.25) is 9.59 Å². The predicted molar refractivity (Wildman–Crippen MR) is 64.3 cm³/mol. The summed E-state index contributed by atoms with van der Waals surface area (Å²) in [6.45, 7) is 7.10. The Bertz CT molecular complexity index is 267. The summed E-state index contributed by atoms with van der Waals surface area (Å²) < 4.78 is 0. The summed E-state index contributed by atoms with van der Waals surface area (Å²) in [5, 5.41) is 22.0. The topological polar surface area (TPSA) is 86.6 Å². The SMILES string of the molecule is CCCNC(=O)[C@@H](O)[C@H](O)[C@H](C)[C@@H](C)C(C)=O. The van der Waals surface area contributed by atoms with E-state index in [1.807, 2.05) is 6.92 Å². The number of carbonyl (C=O) groups excluding carboxylic acids is 2. The van der Waals surface area contributed by atoms with Gasteiger partial charge >= 0.3 is 0 Å².